The van der Waals surface area contributed by atoms with Crippen LogP contribution in [0.2, 0.25) is 0 Å². The van der Waals surface area contributed by atoms with Gasteiger partial charge in [0.1, 0.15) is 0 Å². The van der Waals surface area contributed by atoms with Crippen molar-refractivity contribution in [1.82, 2.24) is 9.88 Å². The number of amides is 2. The summed E-state index contributed by atoms with van der Waals surface area (Å²) in [6.07, 6.45) is 2.60. The summed E-state index contributed by atoms with van der Waals surface area (Å²) in [7, 11) is 3.50. The number of nitrogens with zero attached hydrogens (tertiary/aromatic N) is 2. The van der Waals surface area contributed by atoms with Crippen molar-refractivity contribution in [2.24, 2.45) is 11.3 Å². The van der Waals surface area contributed by atoms with Crippen LogP contribution in [0, 0.1) is 11.3 Å². The summed E-state index contributed by atoms with van der Waals surface area (Å²) >= 11 is 1.43. The zero-order valence-electron chi connectivity index (χ0n) is 20.3. The van der Waals surface area contributed by atoms with Crippen LogP contribution in [0.4, 0.5) is 5.13 Å². The van der Waals surface area contributed by atoms with E-state index in [4.69, 9.17) is 0 Å². The maximum absolute atomic E-state index is 13.2. The van der Waals surface area contributed by atoms with E-state index < -0.39 is 5.41 Å². The number of benzene rings is 2. The van der Waals surface area contributed by atoms with Crippen LogP contribution >= 0.6 is 11.3 Å². The van der Waals surface area contributed by atoms with Crippen molar-refractivity contribution in [1.29, 1.82) is 0 Å². The first-order valence-corrected chi connectivity index (χ1v) is 12.1. The lowest BCUT2D eigenvalue weighted by Crippen LogP contribution is -2.37. The number of aromatic nitrogens is 1. The molecule has 1 atom stereocenters. The summed E-state index contributed by atoms with van der Waals surface area (Å²) < 4.78 is 0. The third-order valence-electron chi connectivity index (χ3n) is 6.00. The van der Waals surface area contributed by atoms with Crippen molar-refractivity contribution in [3.8, 4) is 11.1 Å². The molecule has 0 saturated carbocycles. The first-order valence-electron chi connectivity index (χ1n) is 11.2. The highest BCUT2D eigenvalue weighted by Gasteiger charge is 2.38. The highest BCUT2D eigenvalue weighted by Crippen LogP contribution is 2.41. The smallest absolute Gasteiger partial charge is 0.253 e. The van der Waals surface area contributed by atoms with Gasteiger partial charge in [0.2, 0.25) is 5.91 Å². The fourth-order valence-corrected chi connectivity index (χ4v) is 4.52. The number of nitrogens with one attached hydrogen (secondary N) is 1. The minimum Gasteiger partial charge on any atom is -0.345 e. The summed E-state index contributed by atoms with van der Waals surface area (Å²) in [6.45, 7) is 8.40. The standard InChI is InChI=1S/C27H33N3O2S/c1-18(2)17-23(27(3,4)25(32)29-26-28-15-16-33-26)21-11-7-19(8-12-21)20-9-13-22(14-10-20)24(31)30(5)6/h7-16,18,23H,17H2,1-6H3,(H,28,29,32). The Labute approximate surface area is 200 Å². The minimum absolute atomic E-state index is 0.00770. The number of carbonyl (C=O) groups excluding carboxylic acids is 2. The second-order valence-electron chi connectivity index (χ2n) is 9.59. The molecule has 0 aliphatic heterocycles. The van der Waals surface area contributed by atoms with Crippen molar-refractivity contribution < 1.29 is 9.59 Å². The van der Waals surface area contributed by atoms with Gasteiger partial charge in [-0.15, -0.1) is 11.3 Å². The Morgan fingerprint density at radius 1 is 1.00 bits per heavy atom. The van der Waals surface area contributed by atoms with E-state index >= 15 is 0 Å². The molecule has 174 valence electrons. The maximum atomic E-state index is 13.2. The normalized spacial score (nSPS) is 12.5. The van der Waals surface area contributed by atoms with Gasteiger partial charge in [-0.1, -0.05) is 64.1 Å². The SMILES string of the molecule is CC(C)CC(c1ccc(-c2ccc(C(=O)N(C)C)cc2)cc1)C(C)(C)C(=O)Nc1nccs1. The van der Waals surface area contributed by atoms with Gasteiger partial charge < -0.3 is 10.2 Å². The Kier molecular flexibility index (Phi) is 7.69. The van der Waals surface area contributed by atoms with Crippen molar-refractivity contribution in [3.63, 3.8) is 0 Å². The molecule has 0 saturated heterocycles. The molecule has 0 aliphatic rings. The van der Waals surface area contributed by atoms with Crippen LogP contribution in [0.1, 0.15) is 56.0 Å². The van der Waals surface area contributed by atoms with Crippen LogP contribution in [0.3, 0.4) is 0 Å². The second-order valence-corrected chi connectivity index (χ2v) is 10.5. The number of anilines is 1. The van der Waals surface area contributed by atoms with E-state index in [-0.39, 0.29) is 17.7 Å². The summed E-state index contributed by atoms with van der Waals surface area (Å²) in [5.74, 6) is 0.481. The van der Waals surface area contributed by atoms with Crippen LogP contribution in [-0.4, -0.2) is 35.8 Å². The number of rotatable bonds is 8. The van der Waals surface area contributed by atoms with Crippen molar-refractivity contribution >= 4 is 28.3 Å². The van der Waals surface area contributed by atoms with Gasteiger partial charge >= 0.3 is 0 Å². The molecule has 2 amide bonds. The van der Waals surface area contributed by atoms with E-state index in [1.165, 1.54) is 11.3 Å². The van der Waals surface area contributed by atoms with Crippen LogP contribution in [-0.2, 0) is 4.79 Å². The fourth-order valence-electron chi connectivity index (χ4n) is 3.99. The molecule has 0 aliphatic carbocycles. The van der Waals surface area contributed by atoms with E-state index in [2.05, 4.69) is 48.4 Å². The fraction of sp³-hybridized carbons (Fsp3) is 0.370. The molecular formula is C27H33N3O2S. The maximum Gasteiger partial charge on any atom is 0.253 e. The van der Waals surface area contributed by atoms with Crippen molar-refractivity contribution in [2.45, 2.75) is 40.0 Å². The van der Waals surface area contributed by atoms with Gasteiger partial charge in [-0.25, -0.2) is 4.98 Å². The highest BCUT2D eigenvalue weighted by atomic mass is 32.1. The molecule has 2 aromatic carbocycles. The average molecular weight is 464 g/mol. The predicted molar refractivity (Wildman–Crippen MR) is 137 cm³/mol. The number of thiazole rings is 1. The molecule has 33 heavy (non-hydrogen) atoms. The molecule has 0 radical (unpaired) electrons. The predicted octanol–water partition coefficient (Wildman–Crippen LogP) is 6.31. The monoisotopic (exact) mass is 463 g/mol. The lowest BCUT2D eigenvalue weighted by atomic mass is 9.70. The molecule has 1 heterocycles. The molecular weight excluding hydrogens is 430 g/mol. The molecule has 6 heteroatoms. The summed E-state index contributed by atoms with van der Waals surface area (Å²) in [5, 5.41) is 5.47. The van der Waals surface area contributed by atoms with E-state index in [0.29, 0.717) is 16.6 Å². The van der Waals surface area contributed by atoms with Crippen LogP contribution in [0.25, 0.3) is 11.1 Å². The van der Waals surface area contributed by atoms with E-state index in [1.54, 1.807) is 25.2 Å². The zero-order valence-corrected chi connectivity index (χ0v) is 21.1. The van der Waals surface area contributed by atoms with Gasteiger partial charge in [-0.05, 0) is 47.1 Å². The molecule has 3 rings (SSSR count). The van der Waals surface area contributed by atoms with Crippen LogP contribution in [0.15, 0.2) is 60.1 Å². The first kappa shape index (κ1) is 24.6. The van der Waals surface area contributed by atoms with Crippen molar-refractivity contribution in [3.05, 3.63) is 71.2 Å². The van der Waals surface area contributed by atoms with Crippen LogP contribution in [0.5, 0.6) is 0 Å². The largest absolute Gasteiger partial charge is 0.345 e. The summed E-state index contributed by atoms with van der Waals surface area (Å²) in [4.78, 5) is 31.1. The Morgan fingerprint density at radius 3 is 2.06 bits per heavy atom. The Morgan fingerprint density at radius 2 is 1.58 bits per heavy atom. The molecule has 0 bridgehead atoms. The second kappa shape index (κ2) is 10.3. The van der Waals surface area contributed by atoms with Gasteiger partial charge in [-0.2, -0.15) is 0 Å². The number of hydrogen-bond acceptors (Lipinski definition) is 4. The van der Waals surface area contributed by atoms with Gasteiger partial charge in [0.25, 0.3) is 5.91 Å². The quantitative estimate of drug-likeness (QED) is 0.426. The number of carbonyl (C=O) groups is 2. The van der Waals surface area contributed by atoms with Gasteiger partial charge in [0.05, 0.1) is 5.41 Å². The van der Waals surface area contributed by atoms with Crippen molar-refractivity contribution in [2.75, 3.05) is 19.4 Å². The Hall–Kier alpha value is -2.99. The molecule has 5 nitrogen and oxygen atoms in total. The zero-order chi connectivity index (χ0) is 24.2. The lowest BCUT2D eigenvalue weighted by molar-refractivity contribution is -0.125. The van der Waals surface area contributed by atoms with Crippen LogP contribution < -0.4 is 5.32 Å². The third kappa shape index (κ3) is 5.88. The number of hydrogen-bond donors (Lipinski definition) is 1. The first-order chi connectivity index (χ1) is 15.6. The van der Waals surface area contributed by atoms with E-state index in [9.17, 15) is 9.59 Å². The molecule has 0 spiro atoms. The van der Waals surface area contributed by atoms with Gasteiger partial charge in [0, 0.05) is 31.2 Å². The van der Waals surface area contributed by atoms with Gasteiger partial charge in [0.15, 0.2) is 5.13 Å². The highest BCUT2D eigenvalue weighted by molar-refractivity contribution is 7.13. The summed E-state index contributed by atoms with van der Waals surface area (Å²) in [5.41, 5.74) is 3.34. The van der Waals surface area contributed by atoms with Gasteiger partial charge in [-0.3, -0.25) is 9.59 Å². The topological polar surface area (TPSA) is 62.3 Å². The molecule has 1 unspecified atom stereocenters. The average Bonchev–Trinajstić information content (AvgIpc) is 3.30. The molecule has 1 aromatic heterocycles. The van der Waals surface area contributed by atoms with E-state index in [0.717, 1.165) is 23.1 Å². The molecule has 3 aromatic rings. The Balaban J connectivity index is 1.84. The van der Waals surface area contributed by atoms with E-state index in [1.807, 2.05) is 43.5 Å². The summed E-state index contributed by atoms with van der Waals surface area (Å²) in [6, 6.07) is 16.1. The molecule has 1 N–H and O–H groups in total. The minimum atomic E-state index is -0.606. The lowest BCUT2D eigenvalue weighted by Gasteiger charge is -2.34. The molecule has 0 fully saturated rings. The third-order valence-corrected chi connectivity index (χ3v) is 6.69. The Bertz CT molecular complexity index is 1070.